The largest absolute Gasteiger partial charge is 0.278 e. The van der Waals surface area contributed by atoms with Gasteiger partial charge in [0.15, 0.2) is 0 Å². The van der Waals surface area contributed by atoms with Crippen LogP contribution in [0.4, 0.5) is 11.4 Å². The third-order valence-corrected chi connectivity index (χ3v) is 6.41. The Morgan fingerprint density at radius 1 is 0.848 bits per heavy atom. The van der Waals surface area contributed by atoms with Gasteiger partial charge in [-0.2, -0.15) is 0 Å². The summed E-state index contributed by atoms with van der Waals surface area (Å²) in [5.74, 6) is -1.02. The van der Waals surface area contributed by atoms with E-state index in [0.717, 1.165) is 20.5 Å². The summed E-state index contributed by atoms with van der Waals surface area (Å²) in [4.78, 5) is 39.8. The number of rotatable bonds is 3. The molecule has 1 aliphatic rings. The van der Waals surface area contributed by atoms with Gasteiger partial charge in [-0.05, 0) is 66.3 Å². The van der Waals surface area contributed by atoms with Gasteiger partial charge in [0.2, 0.25) is 0 Å². The van der Waals surface area contributed by atoms with Gasteiger partial charge in [0.05, 0.1) is 21.7 Å². The molecule has 0 spiro atoms. The van der Waals surface area contributed by atoms with E-state index in [0.29, 0.717) is 33.2 Å². The summed E-state index contributed by atoms with van der Waals surface area (Å²) in [5.41, 5.74) is 3.55. The zero-order valence-corrected chi connectivity index (χ0v) is 19.3. The molecule has 0 fully saturated rings. The standard InChI is InChI=1S/C26H17BrN2O4/c1-14-5-3-6-17(11-14)28-25(30)20-8-4-7-19-23(20)21(26(28)31)13-22(29(32)33)24(19)18-10-9-16(27)12-15(18)2/h3-13H,1-2H3. The first-order chi connectivity index (χ1) is 15.8. The molecular weight excluding hydrogens is 484 g/mol. The molecule has 5 rings (SSSR count). The molecule has 0 N–H and O–H groups in total. The number of carbonyl (C=O) groups is 2. The molecule has 0 saturated heterocycles. The molecule has 0 radical (unpaired) electrons. The summed E-state index contributed by atoms with van der Waals surface area (Å²) in [6.07, 6.45) is 0. The summed E-state index contributed by atoms with van der Waals surface area (Å²) >= 11 is 3.43. The SMILES string of the molecule is Cc1cccc(N2C(=O)c3cccc4c(-c5ccc(Br)cc5C)c([N+](=O)[O-])cc(c34)C2=O)c1. The van der Waals surface area contributed by atoms with Crippen molar-refractivity contribution in [2.24, 2.45) is 0 Å². The normalized spacial score (nSPS) is 13.0. The van der Waals surface area contributed by atoms with E-state index in [1.807, 2.05) is 38.1 Å². The third kappa shape index (κ3) is 3.24. The van der Waals surface area contributed by atoms with E-state index < -0.39 is 16.7 Å². The van der Waals surface area contributed by atoms with Crippen molar-refractivity contribution in [3.63, 3.8) is 0 Å². The average molecular weight is 501 g/mol. The topological polar surface area (TPSA) is 80.5 Å². The fourth-order valence-corrected chi connectivity index (χ4v) is 4.96. The highest BCUT2D eigenvalue weighted by atomic mass is 79.9. The zero-order valence-electron chi connectivity index (χ0n) is 17.8. The Kier molecular flexibility index (Phi) is 4.87. The fraction of sp³-hybridized carbons (Fsp3) is 0.0769. The Labute approximate surface area is 197 Å². The third-order valence-electron chi connectivity index (χ3n) is 5.92. The number of anilines is 1. The zero-order chi connectivity index (χ0) is 23.4. The number of nitro groups is 1. The summed E-state index contributed by atoms with van der Waals surface area (Å²) in [6, 6.07) is 19.0. The number of aryl methyl sites for hydroxylation is 2. The number of hydrogen-bond acceptors (Lipinski definition) is 4. The molecule has 6 nitrogen and oxygen atoms in total. The van der Waals surface area contributed by atoms with Crippen molar-refractivity contribution in [2.75, 3.05) is 4.90 Å². The average Bonchev–Trinajstić information content (AvgIpc) is 2.77. The van der Waals surface area contributed by atoms with Crippen LogP contribution < -0.4 is 4.90 Å². The molecule has 0 atom stereocenters. The molecule has 0 saturated carbocycles. The monoisotopic (exact) mass is 500 g/mol. The first-order valence-electron chi connectivity index (χ1n) is 10.2. The van der Waals surface area contributed by atoms with Gasteiger partial charge in [0, 0.05) is 21.5 Å². The van der Waals surface area contributed by atoms with E-state index in [-0.39, 0.29) is 11.3 Å². The second-order valence-electron chi connectivity index (χ2n) is 8.05. The minimum absolute atomic E-state index is 0.145. The quantitative estimate of drug-likeness (QED) is 0.180. The lowest BCUT2D eigenvalue weighted by Gasteiger charge is -2.28. The Bertz CT molecular complexity index is 1530. The Balaban J connectivity index is 1.86. The number of hydrogen-bond donors (Lipinski definition) is 0. The second kappa shape index (κ2) is 7.64. The van der Waals surface area contributed by atoms with Crippen LogP contribution in [0.5, 0.6) is 0 Å². The highest BCUT2D eigenvalue weighted by molar-refractivity contribution is 9.10. The van der Waals surface area contributed by atoms with Gasteiger partial charge in [-0.3, -0.25) is 19.7 Å². The number of halogens is 1. The number of amides is 2. The van der Waals surface area contributed by atoms with Crippen LogP contribution in [0.25, 0.3) is 21.9 Å². The first kappa shape index (κ1) is 21.0. The van der Waals surface area contributed by atoms with E-state index in [9.17, 15) is 19.7 Å². The Hall–Kier alpha value is -3.84. The van der Waals surface area contributed by atoms with Gasteiger partial charge in [0.25, 0.3) is 17.5 Å². The van der Waals surface area contributed by atoms with Crippen LogP contribution in [0, 0.1) is 24.0 Å². The lowest BCUT2D eigenvalue weighted by atomic mass is 9.86. The smallest absolute Gasteiger partial charge is 0.268 e. The van der Waals surface area contributed by atoms with Crippen LogP contribution >= 0.6 is 15.9 Å². The first-order valence-corrected chi connectivity index (χ1v) is 11.0. The van der Waals surface area contributed by atoms with E-state index in [4.69, 9.17) is 0 Å². The molecule has 1 heterocycles. The van der Waals surface area contributed by atoms with Crippen LogP contribution in [-0.2, 0) is 0 Å². The van der Waals surface area contributed by atoms with Crippen molar-refractivity contribution in [3.8, 4) is 11.1 Å². The molecule has 0 unspecified atom stereocenters. The molecule has 162 valence electrons. The minimum Gasteiger partial charge on any atom is -0.268 e. The van der Waals surface area contributed by atoms with Crippen molar-refractivity contribution in [3.05, 3.63) is 104 Å². The highest BCUT2D eigenvalue weighted by Crippen LogP contribution is 2.44. The van der Waals surface area contributed by atoms with Crippen molar-refractivity contribution < 1.29 is 14.5 Å². The van der Waals surface area contributed by atoms with Crippen LogP contribution in [0.3, 0.4) is 0 Å². The maximum absolute atomic E-state index is 13.5. The molecule has 4 aromatic rings. The summed E-state index contributed by atoms with van der Waals surface area (Å²) < 4.78 is 0.855. The summed E-state index contributed by atoms with van der Waals surface area (Å²) in [6.45, 7) is 3.74. The van der Waals surface area contributed by atoms with Gasteiger partial charge in [-0.25, -0.2) is 4.90 Å². The molecule has 2 amide bonds. The van der Waals surface area contributed by atoms with E-state index in [1.54, 1.807) is 36.4 Å². The highest BCUT2D eigenvalue weighted by Gasteiger charge is 2.37. The molecule has 1 aliphatic heterocycles. The fourth-order valence-electron chi connectivity index (χ4n) is 4.49. The predicted octanol–water partition coefficient (Wildman–Crippen LogP) is 6.59. The van der Waals surface area contributed by atoms with Crippen molar-refractivity contribution >= 4 is 49.9 Å². The maximum atomic E-state index is 13.5. The molecule has 7 heteroatoms. The van der Waals surface area contributed by atoms with Crippen LogP contribution in [0.1, 0.15) is 31.8 Å². The predicted molar refractivity (Wildman–Crippen MR) is 131 cm³/mol. The van der Waals surface area contributed by atoms with Gasteiger partial charge in [0.1, 0.15) is 0 Å². The van der Waals surface area contributed by atoms with Gasteiger partial charge >= 0.3 is 0 Å². The summed E-state index contributed by atoms with van der Waals surface area (Å²) in [7, 11) is 0. The van der Waals surface area contributed by atoms with Gasteiger partial charge in [-0.15, -0.1) is 0 Å². The molecule has 0 aromatic heterocycles. The number of nitrogens with zero attached hydrogens (tertiary/aromatic N) is 2. The van der Waals surface area contributed by atoms with Gasteiger partial charge < -0.3 is 0 Å². The Morgan fingerprint density at radius 2 is 1.58 bits per heavy atom. The van der Waals surface area contributed by atoms with Crippen molar-refractivity contribution in [1.82, 2.24) is 0 Å². The molecular formula is C26H17BrN2O4. The minimum atomic E-state index is -0.573. The number of nitro benzene ring substituents is 1. The van der Waals surface area contributed by atoms with E-state index in [2.05, 4.69) is 15.9 Å². The number of imide groups is 1. The molecule has 33 heavy (non-hydrogen) atoms. The Morgan fingerprint density at radius 3 is 2.27 bits per heavy atom. The molecule has 0 bridgehead atoms. The maximum Gasteiger partial charge on any atom is 0.278 e. The lowest BCUT2D eigenvalue weighted by molar-refractivity contribution is -0.384. The van der Waals surface area contributed by atoms with E-state index in [1.165, 1.54) is 6.07 Å². The van der Waals surface area contributed by atoms with E-state index >= 15 is 0 Å². The van der Waals surface area contributed by atoms with Crippen LogP contribution in [-0.4, -0.2) is 16.7 Å². The molecule has 0 aliphatic carbocycles. The number of benzene rings is 4. The second-order valence-corrected chi connectivity index (χ2v) is 8.96. The van der Waals surface area contributed by atoms with Crippen molar-refractivity contribution in [1.29, 1.82) is 0 Å². The lowest BCUT2D eigenvalue weighted by Crippen LogP contribution is -2.40. The van der Waals surface area contributed by atoms with Gasteiger partial charge in [-0.1, -0.05) is 46.3 Å². The van der Waals surface area contributed by atoms with Crippen LogP contribution in [0.2, 0.25) is 0 Å². The number of carbonyl (C=O) groups excluding carboxylic acids is 2. The molecule has 4 aromatic carbocycles. The van der Waals surface area contributed by atoms with Crippen LogP contribution in [0.15, 0.2) is 71.2 Å². The summed E-state index contributed by atoms with van der Waals surface area (Å²) in [5, 5.41) is 13.1. The van der Waals surface area contributed by atoms with Crippen molar-refractivity contribution in [2.45, 2.75) is 13.8 Å².